The third-order valence-corrected chi connectivity index (χ3v) is 3.52. The van der Waals surface area contributed by atoms with Gasteiger partial charge in [0, 0.05) is 37.0 Å². The summed E-state index contributed by atoms with van der Waals surface area (Å²) in [6, 6.07) is 9.85. The van der Waals surface area contributed by atoms with Crippen LogP contribution < -0.4 is 0 Å². The van der Waals surface area contributed by atoms with Crippen molar-refractivity contribution in [3.05, 3.63) is 68.7 Å². The maximum absolute atomic E-state index is 10.7. The molecule has 0 bridgehead atoms. The van der Waals surface area contributed by atoms with E-state index in [4.69, 9.17) is 44.1 Å². The van der Waals surface area contributed by atoms with Gasteiger partial charge in [0.25, 0.3) is 5.24 Å². The molecule has 0 atom stereocenters. The van der Waals surface area contributed by atoms with Crippen molar-refractivity contribution in [2.24, 2.45) is 0 Å². The third-order valence-electron chi connectivity index (χ3n) is 2.84. The smallest absolute Gasteiger partial charge is 0.336 e. The molecule has 0 aliphatic heterocycles. The van der Waals surface area contributed by atoms with E-state index in [9.17, 15) is 9.59 Å². The SMILES string of the molecule is Cc1ccc(Cl)cc1C(=O)Cl.Cc1ccc(Cl)cc1C(=O)O.O=S(Cl)Cl. The first kappa shape index (κ1) is 25.2. The Morgan fingerprint density at radius 3 is 1.50 bits per heavy atom. The number of hydrogen-bond donors (Lipinski definition) is 1. The molecule has 0 saturated carbocycles. The van der Waals surface area contributed by atoms with E-state index in [1.165, 1.54) is 6.07 Å². The summed E-state index contributed by atoms with van der Waals surface area (Å²) in [6.45, 7) is 3.55. The highest BCUT2D eigenvalue weighted by Crippen LogP contribution is 2.17. The van der Waals surface area contributed by atoms with E-state index in [1.807, 2.05) is 6.92 Å². The second-order valence-corrected chi connectivity index (χ2v) is 8.42. The molecule has 0 unspecified atom stereocenters. The molecule has 4 nitrogen and oxygen atoms in total. The second kappa shape index (κ2) is 12.5. The largest absolute Gasteiger partial charge is 0.478 e. The van der Waals surface area contributed by atoms with E-state index < -0.39 is 20.4 Å². The van der Waals surface area contributed by atoms with E-state index in [0.29, 0.717) is 15.6 Å². The van der Waals surface area contributed by atoms with Gasteiger partial charge in [-0.2, -0.15) is 0 Å². The third kappa shape index (κ3) is 10.4. The fraction of sp³-hybridized carbons (Fsp3) is 0.125. The fourth-order valence-corrected chi connectivity index (χ4v) is 2.18. The molecular weight excluding hydrogens is 466 g/mol. The van der Waals surface area contributed by atoms with Crippen LogP contribution in [0.4, 0.5) is 0 Å². The van der Waals surface area contributed by atoms with Crippen molar-refractivity contribution in [1.29, 1.82) is 0 Å². The molecule has 0 heterocycles. The molecule has 0 radical (unpaired) electrons. The summed E-state index contributed by atoms with van der Waals surface area (Å²) in [5, 5.41) is 9.14. The maximum Gasteiger partial charge on any atom is 0.336 e. The second-order valence-electron chi connectivity index (χ2n) is 4.68. The van der Waals surface area contributed by atoms with Gasteiger partial charge in [0.05, 0.1) is 5.56 Å². The molecule has 26 heavy (non-hydrogen) atoms. The number of carbonyl (C=O) groups is 2. The summed E-state index contributed by atoms with van der Waals surface area (Å²) in [4.78, 5) is 21.2. The van der Waals surface area contributed by atoms with Gasteiger partial charge in [-0.3, -0.25) is 4.79 Å². The fourth-order valence-electron chi connectivity index (χ4n) is 1.63. The van der Waals surface area contributed by atoms with Crippen molar-refractivity contribution in [1.82, 2.24) is 0 Å². The minimum Gasteiger partial charge on any atom is -0.478 e. The number of hydrogen-bond acceptors (Lipinski definition) is 3. The van der Waals surface area contributed by atoms with E-state index >= 15 is 0 Å². The van der Waals surface area contributed by atoms with Gasteiger partial charge in [-0.15, -0.1) is 0 Å². The molecule has 0 aliphatic rings. The minimum absolute atomic E-state index is 0.262. The first-order chi connectivity index (χ1) is 12.0. The molecule has 0 aliphatic carbocycles. The average Bonchev–Trinajstić information content (AvgIpc) is 2.51. The van der Waals surface area contributed by atoms with Crippen molar-refractivity contribution in [2.45, 2.75) is 13.8 Å². The number of rotatable bonds is 2. The van der Waals surface area contributed by atoms with Crippen LogP contribution in [-0.2, 0) is 9.23 Å². The molecule has 0 saturated heterocycles. The summed E-state index contributed by atoms with van der Waals surface area (Å²) >= 11 is 16.5. The lowest BCUT2D eigenvalue weighted by atomic mass is 10.1. The van der Waals surface area contributed by atoms with Gasteiger partial charge < -0.3 is 5.11 Å². The number of carboxylic acids is 1. The Kier molecular flexibility index (Phi) is 12.2. The number of aryl methyl sites for hydroxylation is 2. The molecule has 142 valence electrons. The highest BCUT2D eigenvalue weighted by Gasteiger charge is 2.06. The number of carboxylic acid groups (broad SMARTS) is 1. The van der Waals surface area contributed by atoms with Gasteiger partial charge in [-0.25, -0.2) is 9.00 Å². The molecule has 2 aromatic carbocycles. The summed E-state index contributed by atoms with van der Waals surface area (Å²) in [6.07, 6.45) is 0. The van der Waals surface area contributed by atoms with E-state index in [-0.39, 0.29) is 5.56 Å². The number of aromatic carboxylic acids is 1. The normalized spacial score (nSPS) is 9.54. The molecule has 2 aromatic rings. The van der Waals surface area contributed by atoms with E-state index in [0.717, 1.165) is 11.1 Å². The Hall–Kier alpha value is -0.820. The number of halogens is 5. The molecule has 0 spiro atoms. The van der Waals surface area contributed by atoms with E-state index in [2.05, 4.69) is 21.4 Å². The van der Waals surface area contributed by atoms with Crippen LogP contribution in [0.2, 0.25) is 10.0 Å². The van der Waals surface area contributed by atoms with Crippen LogP contribution >= 0.6 is 56.2 Å². The Balaban J connectivity index is 0.000000401. The topological polar surface area (TPSA) is 71.4 Å². The van der Waals surface area contributed by atoms with Gasteiger partial charge in [0.1, 0.15) is 0 Å². The lowest BCUT2D eigenvalue weighted by Crippen LogP contribution is -1.98. The monoisotopic (exact) mass is 476 g/mol. The molecule has 1 N–H and O–H groups in total. The molecule has 2 rings (SSSR count). The summed E-state index contributed by atoms with van der Waals surface area (Å²) < 4.78 is 9.09. The van der Waals surface area contributed by atoms with E-state index in [1.54, 1.807) is 37.3 Å². The van der Waals surface area contributed by atoms with Crippen molar-refractivity contribution in [3.63, 3.8) is 0 Å². The molecular formula is C16H13Cl5O4S. The van der Waals surface area contributed by atoms with Crippen molar-refractivity contribution in [2.75, 3.05) is 0 Å². The molecule has 0 aromatic heterocycles. The van der Waals surface area contributed by atoms with Gasteiger partial charge in [0.15, 0.2) is 0 Å². The predicted octanol–water partition coefficient (Wildman–Crippen LogP) is 6.42. The highest BCUT2D eigenvalue weighted by molar-refractivity contribution is 8.26. The molecule has 10 heteroatoms. The Morgan fingerprint density at radius 2 is 1.23 bits per heavy atom. The van der Waals surface area contributed by atoms with Gasteiger partial charge in [-0.05, 0) is 60.8 Å². The Morgan fingerprint density at radius 1 is 0.885 bits per heavy atom. The predicted molar refractivity (Wildman–Crippen MR) is 109 cm³/mol. The first-order valence-corrected chi connectivity index (χ1v) is 10.6. The van der Waals surface area contributed by atoms with Gasteiger partial charge in [-0.1, -0.05) is 35.3 Å². The number of benzene rings is 2. The average molecular weight is 479 g/mol. The van der Waals surface area contributed by atoms with Crippen LogP contribution in [0, 0.1) is 13.8 Å². The number of carbonyl (C=O) groups excluding carboxylic acids is 1. The standard InChI is InChI=1S/C8H6Cl2O.C8H7ClO2.Cl2OS/c2*1-5-2-3-6(9)4-7(5)8(10)11;1-4(2)3/h2-4H,1H3;2-4H,1H3,(H,10,11);. The van der Waals surface area contributed by atoms with Crippen LogP contribution in [0.5, 0.6) is 0 Å². The van der Waals surface area contributed by atoms with Crippen LogP contribution in [0.3, 0.4) is 0 Å². The molecule has 0 fully saturated rings. The Labute approximate surface area is 177 Å². The maximum atomic E-state index is 10.7. The first-order valence-electron chi connectivity index (χ1n) is 6.65. The van der Waals surface area contributed by atoms with Crippen LogP contribution in [0.25, 0.3) is 0 Å². The van der Waals surface area contributed by atoms with Crippen LogP contribution in [-0.4, -0.2) is 20.5 Å². The lowest BCUT2D eigenvalue weighted by molar-refractivity contribution is 0.0696. The van der Waals surface area contributed by atoms with Crippen LogP contribution in [0.15, 0.2) is 36.4 Å². The zero-order valence-corrected chi connectivity index (χ0v) is 18.0. The highest BCUT2D eigenvalue weighted by atomic mass is 36.0. The van der Waals surface area contributed by atoms with Crippen molar-refractivity contribution >= 4 is 76.6 Å². The lowest BCUT2D eigenvalue weighted by Gasteiger charge is -1.99. The molecule has 0 amide bonds. The Bertz CT molecular complexity index is 746. The zero-order valence-electron chi connectivity index (χ0n) is 13.4. The van der Waals surface area contributed by atoms with Crippen LogP contribution in [0.1, 0.15) is 31.8 Å². The van der Waals surface area contributed by atoms with Crippen molar-refractivity contribution in [3.8, 4) is 0 Å². The minimum atomic E-state index is -1.67. The van der Waals surface area contributed by atoms with Gasteiger partial charge >= 0.3 is 5.97 Å². The summed E-state index contributed by atoms with van der Waals surface area (Å²) in [5.74, 6) is -0.940. The van der Waals surface area contributed by atoms with Gasteiger partial charge in [0.2, 0.25) is 9.23 Å². The van der Waals surface area contributed by atoms with Crippen molar-refractivity contribution < 1.29 is 18.9 Å². The summed E-state index contributed by atoms with van der Waals surface area (Å²) in [7, 11) is 7.36. The zero-order chi connectivity index (χ0) is 20.4. The summed E-state index contributed by atoms with van der Waals surface area (Å²) in [5.41, 5.74) is 2.30. The quantitative estimate of drug-likeness (QED) is 0.506.